The molecular weight excluding hydrogens is 610 g/mol. The molecule has 9 heteroatoms. The first-order valence-corrected chi connectivity index (χ1v) is 16.3. The lowest BCUT2D eigenvalue weighted by atomic mass is 9.70. The van der Waals surface area contributed by atoms with Crippen LogP contribution in [-0.4, -0.2) is 88.0 Å². The Bertz CT molecular complexity index is 1380. The molecule has 6 atom stereocenters. The van der Waals surface area contributed by atoms with Gasteiger partial charge in [0.15, 0.2) is 0 Å². The Morgan fingerprint density at radius 1 is 1.09 bits per heavy atom. The van der Waals surface area contributed by atoms with Crippen LogP contribution in [-0.2, 0) is 19.1 Å². The Kier molecular flexibility index (Phi) is 9.73. The molecule has 1 N–H and O–H groups in total. The van der Waals surface area contributed by atoms with E-state index in [-0.39, 0.29) is 35.7 Å². The van der Waals surface area contributed by atoms with Crippen LogP contribution in [0.15, 0.2) is 67.8 Å². The fourth-order valence-corrected chi connectivity index (χ4v) is 8.32. The van der Waals surface area contributed by atoms with Crippen LogP contribution in [0.25, 0.3) is 10.8 Å². The third-order valence-corrected chi connectivity index (χ3v) is 9.99. The summed E-state index contributed by atoms with van der Waals surface area (Å²) in [4.78, 5) is 48.2. The number of halogens is 1. The minimum absolute atomic E-state index is 0.0706. The second kappa shape index (κ2) is 13.3. The molecule has 0 radical (unpaired) electrons. The zero-order chi connectivity index (χ0) is 30.7. The SMILES string of the molecule is C=CCN(CCC)C(=O)[C@H]1[C@@H]2OC3(CC2Br)C(C(=O)N(CC=C)c2ccc4ccccc4c2)N(CCCCCO)C(=O)[C@H]13. The summed E-state index contributed by atoms with van der Waals surface area (Å²) in [7, 11) is 0. The van der Waals surface area contributed by atoms with Gasteiger partial charge in [-0.1, -0.05) is 65.3 Å². The molecule has 230 valence electrons. The first-order valence-electron chi connectivity index (χ1n) is 15.4. The monoisotopic (exact) mass is 651 g/mol. The maximum atomic E-state index is 14.8. The van der Waals surface area contributed by atoms with Gasteiger partial charge in [-0.25, -0.2) is 0 Å². The molecule has 0 aliphatic carbocycles. The van der Waals surface area contributed by atoms with Crippen molar-refractivity contribution in [2.24, 2.45) is 11.8 Å². The smallest absolute Gasteiger partial charge is 0.253 e. The van der Waals surface area contributed by atoms with Crippen molar-refractivity contribution in [1.82, 2.24) is 9.80 Å². The third kappa shape index (κ3) is 5.56. The summed E-state index contributed by atoms with van der Waals surface area (Å²) in [6.45, 7) is 11.4. The second-order valence-corrected chi connectivity index (χ2v) is 13.0. The molecule has 0 aromatic heterocycles. The van der Waals surface area contributed by atoms with Crippen molar-refractivity contribution in [2.75, 3.05) is 37.7 Å². The Morgan fingerprint density at radius 2 is 1.84 bits per heavy atom. The predicted molar refractivity (Wildman–Crippen MR) is 172 cm³/mol. The first kappa shape index (κ1) is 31.4. The topological polar surface area (TPSA) is 90.4 Å². The number of likely N-dealkylation sites (tertiary alicyclic amines) is 1. The van der Waals surface area contributed by atoms with Gasteiger partial charge in [0, 0.05) is 43.3 Å². The highest BCUT2D eigenvalue weighted by Crippen LogP contribution is 2.60. The van der Waals surface area contributed by atoms with E-state index in [1.807, 2.05) is 49.4 Å². The van der Waals surface area contributed by atoms with Gasteiger partial charge in [0.1, 0.15) is 11.6 Å². The highest BCUT2D eigenvalue weighted by atomic mass is 79.9. The number of fused-ring (bicyclic) bond motifs is 2. The number of rotatable bonds is 14. The number of hydrogen-bond donors (Lipinski definition) is 1. The van der Waals surface area contributed by atoms with Crippen LogP contribution in [0.2, 0.25) is 0 Å². The van der Waals surface area contributed by atoms with Gasteiger partial charge in [0.05, 0.1) is 17.9 Å². The molecule has 8 nitrogen and oxygen atoms in total. The summed E-state index contributed by atoms with van der Waals surface area (Å²) < 4.78 is 6.74. The zero-order valence-electron chi connectivity index (χ0n) is 24.9. The number of anilines is 1. The van der Waals surface area contributed by atoms with E-state index >= 15 is 0 Å². The predicted octanol–water partition coefficient (Wildman–Crippen LogP) is 4.69. The van der Waals surface area contributed by atoms with Gasteiger partial charge in [-0.3, -0.25) is 14.4 Å². The number of nitrogens with zero attached hydrogens (tertiary/aromatic N) is 3. The van der Waals surface area contributed by atoms with E-state index in [0.29, 0.717) is 44.6 Å². The van der Waals surface area contributed by atoms with E-state index in [2.05, 4.69) is 29.1 Å². The minimum Gasteiger partial charge on any atom is -0.396 e. The number of hydrogen-bond acceptors (Lipinski definition) is 5. The number of benzene rings is 2. The third-order valence-electron chi connectivity index (χ3n) is 9.14. The first-order chi connectivity index (χ1) is 20.8. The van der Waals surface area contributed by atoms with Gasteiger partial charge in [0.2, 0.25) is 11.8 Å². The lowest BCUT2D eigenvalue weighted by Crippen LogP contribution is -2.57. The normalized spacial score (nSPS) is 27.4. The average molecular weight is 653 g/mol. The molecule has 0 saturated carbocycles. The minimum atomic E-state index is -1.13. The van der Waals surface area contributed by atoms with Gasteiger partial charge in [-0.05, 0) is 55.0 Å². The standard InChI is InChI=1S/C34H42BrN3O5/c1-4-16-36(17-5-2)31(40)27-28-32(41)38(19-10-7-11-20-39)30(34(28)22-26(35)29(27)43-34)33(42)37(18-6-3)25-15-14-23-12-8-9-13-24(23)21-25/h4,6,8-9,12-15,21,26-30,39H,1,3,5,7,10-11,16-20,22H2,2H3/t26?,27-,28+,29-,30?,34?/m1/s1. The lowest BCUT2D eigenvalue weighted by Gasteiger charge is -2.37. The van der Waals surface area contributed by atoms with Crippen molar-refractivity contribution in [3.63, 3.8) is 0 Å². The van der Waals surface area contributed by atoms with Crippen molar-refractivity contribution in [3.8, 4) is 0 Å². The summed E-state index contributed by atoms with van der Waals surface area (Å²) in [5, 5.41) is 11.4. The molecule has 3 heterocycles. The van der Waals surface area contributed by atoms with Crippen molar-refractivity contribution in [2.45, 2.75) is 61.6 Å². The largest absolute Gasteiger partial charge is 0.396 e. The molecule has 2 aromatic carbocycles. The van der Waals surface area contributed by atoms with Crippen molar-refractivity contribution in [3.05, 3.63) is 67.8 Å². The van der Waals surface area contributed by atoms with Crippen LogP contribution in [0.1, 0.15) is 39.0 Å². The van der Waals surface area contributed by atoms with Gasteiger partial charge < -0.3 is 24.5 Å². The van der Waals surface area contributed by atoms with E-state index in [4.69, 9.17) is 4.74 Å². The molecule has 43 heavy (non-hydrogen) atoms. The fourth-order valence-electron chi connectivity index (χ4n) is 7.37. The summed E-state index contributed by atoms with van der Waals surface area (Å²) >= 11 is 3.78. The Hall–Kier alpha value is -3.01. The average Bonchev–Trinajstić information content (AvgIpc) is 3.60. The maximum absolute atomic E-state index is 14.8. The number of carbonyl (C=O) groups excluding carboxylic acids is 3. The number of aliphatic hydroxyl groups excluding tert-OH is 1. The van der Waals surface area contributed by atoms with Crippen molar-refractivity contribution < 1.29 is 24.2 Å². The fraction of sp³-hybridized carbons (Fsp3) is 0.500. The maximum Gasteiger partial charge on any atom is 0.253 e. The van der Waals surface area contributed by atoms with Crippen LogP contribution < -0.4 is 4.90 Å². The summed E-state index contributed by atoms with van der Waals surface area (Å²) in [6, 6.07) is 13.0. The summed E-state index contributed by atoms with van der Waals surface area (Å²) in [5.41, 5.74) is -0.418. The molecule has 3 fully saturated rings. The van der Waals surface area contributed by atoms with Crippen molar-refractivity contribution >= 4 is 50.1 Å². The summed E-state index contributed by atoms with van der Waals surface area (Å²) in [6.07, 6.45) is 6.09. The van der Waals surface area contributed by atoms with E-state index in [0.717, 1.165) is 23.6 Å². The molecule has 3 saturated heterocycles. The number of carbonyl (C=O) groups is 3. The lowest BCUT2D eigenvalue weighted by molar-refractivity contribution is -0.145. The van der Waals surface area contributed by atoms with E-state index in [1.54, 1.807) is 26.9 Å². The van der Waals surface area contributed by atoms with Crippen LogP contribution >= 0.6 is 15.9 Å². The van der Waals surface area contributed by atoms with Gasteiger partial charge in [0.25, 0.3) is 5.91 Å². The number of amides is 3. The molecular formula is C34H42BrN3O5. The molecule has 3 unspecified atom stereocenters. The number of aliphatic hydroxyl groups is 1. The second-order valence-electron chi connectivity index (χ2n) is 11.8. The molecule has 3 amide bonds. The highest BCUT2D eigenvalue weighted by Gasteiger charge is 2.76. The Labute approximate surface area is 262 Å². The number of alkyl halides is 1. The van der Waals surface area contributed by atoms with E-state index < -0.39 is 29.6 Å². The van der Waals surface area contributed by atoms with Crippen LogP contribution in [0.5, 0.6) is 0 Å². The van der Waals surface area contributed by atoms with Crippen LogP contribution in [0, 0.1) is 11.8 Å². The number of unbranched alkanes of at least 4 members (excludes halogenated alkanes) is 2. The molecule has 5 rings (SSSR count). The van der Waals surface area contributed by atoms with Crippen molar-refractivity contribution in [1.29, 1.82) is 0 Å². The Balaban J connectivity index is 1.56. The van der Waals surface area contributed by atoms with Crippen LogP contribution in [0.4, 0.5) is 5.69 Å². The molecule has 2 bridgehead atoms. The van der Waals surface area contributed by atoms with Gasteiger partial charge in [-0.15, -0.1) is 13.2 Å². The zero-order valence-corrected chi connectivity index (χ0v) is 26.5. The summed E-state index contributed by atoms with van der Waals surface area (Å²) in [5.74, 6) is -2.00. The van der Waals surface area contributed by atoms with Gasteiger partial charge >= 0.3 is 0 Å². The van der Waals surface area contributed by atoms with Crippen LogP contribution in [0.3, 0.4) is 0 Å². The molecule has 1 spiro atoms. The van der Waals surface area contributed by atoms with E-state index in [1.165, 1.54) is 0 Å². The molecule has 2 aromatic rings. The molecule has 3 aliphatic rings. The van der Waals surface area contributed by atoms with Gasteiger partial charge in [-0.2, -0.15) is 0 Å². The highest BCUT2D eigenvalue weighted by molar-refractivity contribution is 9.09. The Morgan fingerprint density at radius 3 is 2.53 bits per heavy atom. The molecule has 3 aliphatic heterocycles. The van der Waals surface area contributed by atoms with E-state index in [9.17, 15) is 19.5 Å². The number of ether oxygens (including phenoxy) is 1. The quantitative estimate of drug-likeness (QED) is 0.182.